The SMILES string of the molecule is CN(C)c1ccc([S@](=O)c2ccccc2)cc1. The molecule has 0 aliphatic rings. The zero-order chi connectivity index (χ0) is 12.3. The smallest absolute Gasteiger partial charge is 0.0849 e. The van der Waals surface area contributed by atoms with Crippen molar-refractivity contribution in [3.63, 3.8) is 0 Å². The van der Waals surface area contributed by atoms with Crippen LogP contribution in [0.15, 0.2) is 64.4 Å². The third-order valence-corrected chi connectivity index (χ3v) is 3.93. The Kier molecular flexibility index (Phi) is 3.59. The van der Waals surface area contributed by atoms with Gasteiger partial charge >= 0.3 is 0 Å². The molecule has 0 fully saturated rings. The summed E-state index contributed by atoms with van der Waals surface area (Å²) >= 11 is 0. The molecule has 0 aliphatic heterocycles. The Balaban J connectivity index is 2.27. The van der Waals surface area contributed by atoms with Gasteiger partial charge in [-0.05, 0) is 36.4 Å². The van der Waals surface area contributed by atoms with Crippen LogP contribution in [0, 0.1) is 0 Å². The molecule has 2 aromatic rings. The van der Waals surface area contributed by atoms with Crippen LogP contribution in [0.5, 0.6) is 0 Å². The largest absolute Gasteiger partial charge is 0.378 e. The molecular weight excluding hydrogens is 230 g/mol. The van der Waals surface area contributed by atoms with Crippen LogP contribution in [-0.2, 0) is 10.8 Å². The summed E-state index contributed by atoms with van der Waals surface area (Å²) in [7, 11) is 2.89. The van der Waals surface area contributed by atoms with Gasteiger partial charge in [-0.25, -0.2) is 4.21 Å². The Morgan fingerprint density at radius 3 is 1.88 bits per heavy atom. The van der Waals surface area contributed by atoms with Crippen molar-refractivity contribution in [1.82, 2.24) is 0 Å². The Labute approximate surface area is 104 Å². The van der Waals surface area contributed by atoms with Gasteiger partial charge in [-0.15, -0.1) is 0 Å². The topological polar surface area (TPSA) is 20.3 Å². The first-order valence-electron chi connectivity index (χ1n) is 5.42. The monoisotopic (exact) mass is 245 g/mol. The molecule has 88 valence electrons. The molecule has 2 nitrogen and oxygen atoms in total. The highest BCUT2D eigenvalue weighted by Gasteiger charge is 2.06. The average Bonchev–Trinajstić information content (AvgIpc) is 2.39. The summed E-state index contributed by atoms with van der Waals surface area (Å²) in [5, 5.41) is 0. The Morgan fingerprint density at radius 1 is 0.824 bits per heavy atom. The second-order valence-electron chi connectivity index (χ2n) is 3.97. The highest BCUT2D eigenvalue weighted by atomic mass is 32.2. The molecule has 2 aromatic carbocycles. The lowest BCUT2D eigenvalue weighted by molar-refractivity contribution is 0.683. The van der Waals surface area contributed by atoms with Crippen LogP contribution in [0.2, 0.25) is 0 Å². The zero-order valence-electron chi connectivity index (χ0n) is 9.96. The van der Waals surface area contributed by atoms with E-state index in [1.54, 1.807) is 0 Å². The van der Waals surface area contributed by atoms with Gasteiger partial charge in [-0.3, -0.25) is 0 Å². The van der Waals surface area contributed by atoms with Gasteiger partial charge < -0.3 is 4.90 Å². The highest BCUT2D eigenvalue weighted by molar-refractivity contribution is 7.85. The lowest BCUT2D eigenvalue weighted by Crippen LogP contribution is -2.08. The number of anilines is 1. The van der Waals surface area contributed by atoms with E-state index in [0.29, 0.717) is 0 Å². The van der Waals surface area contributed by atoms with E-state index in [9.17, 15) is 4.21 Å². The van der Waals surface area contributed by atoms with Crippen molar-refractivity contribution in [2.45, 2.75) is 9.79 Å². The minimum Gasteiger partial charge on any atom is -0.378 e. The fourth-order valence-electron chi connectivity index (χ4n) is 1.55. The molecule has 0 aliphatic carbocycles. The number of hydrogen-bond donors (Lipinski definition) is 0. The van der Waals surface area contributed by atoms with Gasteiger partial charge in [0.1, 0.15) is 0 Å². The van der Waals surface area contributed by atoms with Crippen LogP contribution in [0.4, 0.5) is 5.69 Å². The van der Waals surface area contributed by atoms with Crippen molar-refractivity contribution in [2.75, 3.05) is 19.0 Å². The maximum Gasteiger partial charge on any atom is 0.0849 e. The fourth-order valence-corrected chi connectivity index (χ4v) is 2.61. The van der Waals surface area contributed by atoms with Gasteiger partial charge in [-0.1, -0.05) is 18.2 Å². The number of hydrogen-bond acceptors (Lipinski definition) is 2. The van der Waals surface area contributed by atoms with Crippen LogP contribution in [0.1, 0.15) is 0 Å². The second kappa shape index (κ2) is 5.15. The van der Waals surface area contributed by atoms with Gasteiger partial charge in [-0.2, -0.15) is 0 Å². The minimum atomic E-state index is -1.09. The molecule has 17 heavy (non-hydrogen) atoms. The van der Waals surface area contributed by atoms with Crippen LogP contribution in [0.3, 0.4) is 0 Å². The van der Waals surface area contributed by atoms with Crippen molar-refractivity contribution >= 4 is 16.5 Å². The average molecular weight is 245 g/mol. The number of benzene rings is 2. The maximum absolute atomic E-state index is 12.2. The molecule has 0 unspecified atom stereocenters. The highest BCUT2D eigenvalue weighted by Crippen LogP contribution is 2.19. The summed E-state index contributed by atoms with van der Waals surface area (Å²) < 4.78 is 12.2. The van der Waals surface area contributed by atoms with E-state index in [1.165, 1.54) is 0 Å². The molecule has 0 aromatic heterocycles. The van der Waals surface area contributed by atoms with Crippen molar-refractivity contribution in [3.8, 4) is 0 Å². The van der Waals surface area contributed by atoms with Crippen LogP contribution in [0.25, 0.3) is 0 Å². The molecule has 1 atom stereocenters. The Hall–Kier alpha value is -1.61. The molecular formula is C14H15NOS. The molecule has 0 radical (unpaired) electrons. The van der Waals surface area contributed by atoms with Crippen LogP contribution in [-0.4, -0.2) is 18.3 Å². The summed E-state index contributed by atoms with van der Waals surface area (Å²) in [5.74, 6) is 0. The van der Waals surface area contributed by atoms with Gasteiger partial charge in [0, 0.05) is 29.6 Å². The van der Waals surface area contributed by atoms with E-state index in [1.807, 2.05) is 73.6 Å². The number of nitrogens with zero attached hydrogens (tertiary/aromatic N) is 1. The lowest BCUT2D eigenvalue weighted by atomic mass is 10.3. The quantitative estimate of drug-likeness (QED) is 0.828. The molecule has 0 bridgehead atoms. The first-order chi connectivity index (χ1) is 8.18. The fraction of sp³-hybridized carbons (Fsp3) is 0.143. The standard InChI is InChI=1S/C14H15NOS/c1-15(2)12-8-10-14(11-9-12)17(16)13-6-4-3-5-7-13/h3-11H,1-2H3/t17-/m1/s1. The summed E-state index contributed by atoms with van der Waals surface area (Å²) in [6.45, 7) is 0. The third kappa shape index (κ3) is 2.74. The van der Waals surface area contributed by atoms with E-state index < -0.39 is 10.8 Å². The molecule has 0 amide bonds. The predicted molar refractivity (Wildman–Crippen MR) is 71.9 cm³/mol. The van der Waals surface area contributed by atoms with E-state index in [2.05, 4.69) is 0 Å². The minimum absolute atomic E-state index is 0.835. The predicted octanol–water partition coefficient (Wildman–Crippen LogP) is 2.92. The summed E-state index contributed by atoms with van der Waals surface area (Å²) in [4.78, 5) is 3.70. The van der Waals surface area contributed by atoms with Crippen molar-refractivity contribution in [3.05, 3.63) is 54.6 Å². The second-order valence-corrected chi connectivity index (χ2v) is 5.45. The van der Waals surface area contributed by atoms with E-state index in [-0.39, 0.29) is 0 Å². The third-order valence-electron chi connectivity index (χ3n) is 2.52. The molecule has 0 saturated carbocycles. The van der Waals surface area contributed by atoms with Crippen molar-refractivity contribution in [2.24, 2.45) is 0 Å². The lowest BCUT2D eigenvalue weighted by Gasteiger charge is -2.12. The van der Waals surface area contributed by atoms with Crippen LogP contribution >= 0.6 is 0 Å². The van der Waals surface area contributed by atoms with Crippen LogP contribution < -0.4 is 4.90 Å². The first kappa shape index (κ1) is 11.9. The Bertz CT molecular complexity index is 506. The van der Waals surface area contributed by atoms with Gasteiger partial charge in [0.25, 0.3) is 0 Å². The molecule has 0 heterocycles. The van der Waals surface area contributed by atoms with Gasteiger partial charge in [0.2, 0.25) is 0 Å². The normalized spacial score (nSPS) is 12.1. The zero-order valence-corrected chi connectivity index (χ0v) is 10.8. The Morgan fingerprint density at radius 2 is 1.35 bits per heavy atom. The van der Waals surface area contributed by atoms with Crippen molar-refractivity contribution in [1.29, 1.82) is 0 Å². The maximum atomic E-state index is 12.2. The summed E-state index contributed by atoms with van der Waals surface area (Å²) in [5.41, 5.74) is 1.11. The molecule has 0 N–H and O–H groups in total. The molecule has 0 spiro atoms. The molecule has 3 heteroatoms. The van der Waals surface area contributed by atoms with Gasteiger partial charge in [0.15, 0.2) is 0 Å². The van der Waals surface area contributed by atoms with Crippen molar-refractivity contribution < 1.29 is 4.21 Å². The first-order valence-corrected chi connectivity index (χ1v) is 6.57. The molecule has 2 rings (SSSR count). The number of rotatable bonds is 3. The van der Waals surface area contributed by atoms with E-state index in [0.717, 1.165) is 15.5 Å². The van der Waals surface area contributed by atoms with E-state index in [4.69, 9.17) is 0 Å². The molecule has 0 saturated heterocycles. The summed E-state index contributed by atoms with van der Waals surface area (Å²) in [6, 6.07) is 17.3. The van der Waals surface area contributed by atoms with E-state index >= 15 is 0 Å². The summed E-state index contributed by atoms with van der Waals surface area (Å²) in [6.07, 6.45) is 0. The van der Waals surface area contributed by atoms with Gasteiger partial charge in [0.05, 0.1) is 10.8 Å².